The SMILES string of the molecule is CC(C)(O)C1CCCN1Cc1nc2sc3c(c2c(=O)[nH]1)CCC3. The van der Waals surface area contributed by atoms with E-state index >= 15 is 0 Å². The van der Waals surface area contributed by atoms with Gasteiger partial charge in [-0.25, -0.2) is 4.98 Å². The number of hydrogen-bond acceptors (Lipinski definition) is 5. The number of rotatable bonds is 3. The van der Waals surface area contributed by atoms with Gasteiger partial charge in [-0.05, 0) is 58.1 Å². The molecule has 6 heteroatoms. The lowest BCUT2D eigenvalue weighted by Crippen LogP contribution is -2.45. The Kier molecular flexibility index (Phi) is 3.59. The standard InChI is InChI=1S/C17H23N3O2S/c1-17(2,22)12-7-4-8-20(12)9-13-18-15(21)14-10-5-3-6-11(10)23-16(14)19-13/h12,22H,3-9H2,1-2H3,(H,18,19,21). The summed E-state index contributed by atoms with van der Waals surface area (Å²) in [6.45, 7) is 5.26. The molecule has 0 amide bonds. The molecule has 124 valence electrons. The zero-order chi connectivity index (χ0) is 16.2. The molecule has 0 spiro atoms. The van der Waals surface area contributed by atoms with E-state index < -0.39 is 5.60 Å². The molecule has 2 aromatic heterocycles. The first-order valence-electron chi connectivity index (χ1n) is 8.43. The Labute approximate surface area is 139 Å². The predicted octanol–water partition coefficient (Wildman–Crippen LogP) is 2.21. The highest BCUT2D eigenvalue weighted by atomic mass is 32.1. The maximum absolute atomic E-state index is 12.5. The number of hydrogen-bond donors (Lipinski definition) is 2. The van der Waals surface area contributed by atoms with Crippen LogP contribution < -0.4 is 5.56 Å². The van der Waals surface area contributed by atoms with Gasteiger partial charge in [0.15, 0.2) is 0 Å². The molecular weight excluding hydrogens is 310 g/mol. The normalized spacial score (nSPS) is 22.1. The Bertz CT molecular complexity index is 802. The van der Waals surface area contributed by atoms with Gasteiger partial charge in [-0.3, -0.25) is 9.69 Å². The first-order valence-corrected chi connectivity index (χ1v) is 9.25. The Morgan fingerprint density at radius 2 is 2.22 bits per heavy atom. The highest BCUT2D eigenvalue weighted by Crippen LogP contribution is 2.34. The van der Waals surface area contributed by atoms with Crippen molar-refractivity contribution in [3.8, 4) is 0 Å². The zero-order valence-electron chi connectivity index (χ0n) is 13.7. The molecule has 2 aromatic rings. The monoisotopic (exact) mass is 333 g/mol. The molecule has 1 aliphatic heterocycles. The first-order chi connectivity index (χ1) is 10.9. The summed E-state index contributed by atoms with van der Waals surface area (Å²) in [7, 11) is 0. The van der Waals surface area contributed by atoms with Crippen molar-refractivity contribution in [3.63, 3.8) is 0 Å². The van der Waals surface area contributed by atoms with E-state index in [-0.39, 0.29) is 11.6 Å². The molecule has 2 N–H and O–H groups in total. The minimum absolute atomic E-state index is 0.00315. The third-order valence-corrected chi connectivity index (χ3v) is 6.34. The molecule has 1 fully saturated rings. The van der Waals surface area contributed by atoms with Gasteiger partial charge in [0.05, 0.1) is 17.5 Å². The number of likely N-dealkylation sites (tertiary alicyclic amines) is 1. The van der Waals surface area contributed by atoms with Crippen LogP contribution in [-0.4, -0.2) is 38.2 Å². The van der Waals surface area contributed by atoms with Crippen LogP contribution in [0.1, 0.15) is 49.4 Å². The van der Waals surface area contributed by atoms with E-state index in [0.717, 1.165) is 54.7 Å². The summed E-state index contributed by atoms with van der Waals surface area (Å²) in [5.41, 5.74) is 0.495. The van der Waals surface area contributed by atoms with Gasteiger partial charge in [0.1, 0.15) is 10.7 Å². The number of aryl methyl sites for hydroxylation is 2. The van der Waals surface area contributed by atoms with Crippen molar-refractivity contribution in [2.24, 2.45) is 0 Å². The number of aliphatic hydroxyl groups is 1. The largest absolute Gasteiger partial charge is 0.389 e. The predicted molar refractivity (Wildman–Crippen MR) is 92.0 cm³/mol. The molecule has 5 nitrogen and oxygen atoms in total. The van der Waals surface area contributed by atoms with E-state index in [1.807, 2.05) is 13.8 Å². The maximum Gasteiger partial charge on any atom is 0.259 e. The third-order valence-electron chi connectivity index (χ3n) is 5.16. The van der Waals surface area contributed by atoms with Crippen LogP contribution in [0.15, 0.2) is 4.79 Å². The number of nitrogens with one attached hydrogen (secondary N) is 1. The van der Waals surface area contributed by atoms with Crippen molar-refractivity contribution in [3.05, 3.63) is 26.6 Å². The summed E-state index contributed by atoms with van der Waals surface area (Å²) in [4.78, 5) is 24.7. The molecule has 3 heterocycles. The second kappa shape index (κ2) is 5.40. The Hall–Kier alpha value is -1.24. The van der Waals surface area contributed by atoms with E-state index in [1.165, 1.54) is 10.4 Å². The van der Waals surface area contributed by atoms with Crippen LogP contribution in [0.25, 0.3) is 10.2 Å². The summed E-state index contributed by atoms with van der Waals surface area (Å²) >= 11 is 1.68. The average molecular weight is 333 g/mol. The second-order valence-electron chi connectivity index (χ2n) is 7.33. The molecule has 0 saturated carbocycles. The van der Waals surface area contributed by atoms with Crippen LogP contribution >= 0.6 is 11.3 Å². The molecule has 0 bridgehead atoms. The first kappa shape index (κ1) is 15.3. The molecule has 1 saturated heterocycles. The number of aromatic nitrogens is 2. The van der Waals surface area contributed by atoms with E-state index in [9.17, 15) is 9.90 Å². The van der Waals surface area contributed by atoms with Gasteiger partial charge in [-0.1, -0.05) is 0 Å². The summed E-state index contributed by atoms with van der Waals surface area (Å²) < 4.78 is 0. The van der Waals surface area contributed by atoms with Crippen molar-refractivity contribution in [1.82, 2.24) is 14.9 Å². The van der Waals surface area contributed by atoms with Gasteiger partial charge in [0.25, 0.3) is 5.56 Å². The fourth-order valence-corrected chi connectivity index (χ4v) is 5.41. The molecule has 1 aliphatic carbocycles. The van der Waals surface area contributed by atoms with Gasteiger partial charge < -0.3 is 10.1 Å². The van der Waals surface area contributed by atoms with Crippen molar-refractivity contribution in [2.75, 3.05) is 6.54 Å². The molecule has 23 heavy (non-hydrogen) atoms. The van der Waals surface area contributed by atoms with Crippen molar-refractivity contribution in [2.45, 2.75) is 64.1 Å². The smallest absolute Gasteiger partial charge is 0.259 e. The molecule has 0 radical (unpaired) electrons. The van der Waals surface area contributed by atoms with Gasteiger partial charge in [0.2, 0.25) is 0 Å². The Balaban J connectivity index is 1.66. The number of nitrogens with zero attached hydrogens (tertiary/aromatic N) is 2. The molecule has 4 rings (SSSR count). The van der Waals surface area contributed by atoms with E-state index in [4.69, 9.17) is 4.98 Å². The van der Waals surface area contributed by atoms with Gasteiger partial charge in [0, 0.05) is 10.9 Å². The number of aromatic amines is 1. The van der Waals surface area contributed by atoms with Crippen LogP contribution in [0.4, 0.5) is 0 Å². The summed E-state index contributed by atoms with van der Waals surface area (Å²) in [5, 5.41) is 11.2. The average Bonchev–Trinajstić information content (AvgIpc) is 3.11. The lowest BCUT2D eigenvalue weighted by atomic mass is 9.97. The van der Waals surface area contributed by atoms with Crippen LogP contribution in [0, 0.1) is 0 Å². The highest BCUT2D eigenvalue weighted by Gasteiger charge is 2.36. The molecular formula is C17H23N3O2S. The minimum atomic E-state index is -0.731. The van der Waals surface area contributed by atoms with Crippen LogP contribution in [0.2, 0.25) is 0 Å². The lowest BCUT2D eigenvalue weighted by Gasteiger charge is -2.33. The van der Waals surface area contributed by atoms with Crippen molar-refractivity contribution in [1.29, 1.82) is 0 Å². The summed E-state index contributed by atoms with van der Waals surface area (Å²) in [6, 6.07) is 0.122. The Morgan fingerprint density at radius 3 is 3.00 bits per heavy atom. The summed E-state index contributed by atoms with van der Waals surface area (Å²) in [5.74, 6) is 0.721. The van der Waals surface area contributed by atoms with Crippen molar-refractivity contribution < 1.29 is 5.11 Å². The van der Waals surface area contributed by atoms with Gasteiger partial charge >= 0.3 is 0 Å². The fraction of sp³-hybridized carbons (Fsp3) is 0.647. The maximum atomic E-state index is 12.5. The molecule has 0 aromatic carbocycles. The lowest BCUT2D eigenvalue weighted by molar-refractivity contribution is -0.00573. The van der Waals surface area contributed by atoms with E-state index in [1.54, 1.807) is 11.3 Å². The number of H-pyrrole nitrogens is 1. The topological polar surface area (TPSA) is 69.2 Å². The zero-order valence-corrected chi connectivity index (χ0v) is 14.5. The van der Waals surface area contributed by atoms with E-state index in [2.05, 4.69) is 9.88 Å². The fourth-order valence-electron chi connectivity index (χ4n) is 4.13. The Morgan fingerprint density at radius 1 is 1.39 bits per heavy atom. The minimum Gasteiger partial charge on any atom is -0.389 e. The second-order valence-corrected chi connectivity index (χ2v) is 8.42. The number of thiophene rings is 1. The molecule has 2 aliphatic rings. The summed E-state index contributed by atoms with van der Waals surface area (Å²) in [6.07, 6.45) is 5.31. The highest BCUT2D eigenvalue weighted by molar-refractivity contribution is 7.18. The van der Waals surface area contributed by atoms with E-state index in [0.29, 0.717) is 6.54 Å². The van der Waals surface area contributed by atoms with Crippen LogP contribution in [0.5, 0.6) is 0 Å². The van der Waals surface area contributed by atoms with Crippen LogP contribution in [0.3, 0.4) is 0 Å². The van der Waals surface area contributed by atoms with Gasteiger partial charge in [-0.15, -0.1) is 11.3 Å². The third kappa shape index (κ3) is 2.62. The molecule has 1 atom stereocenters. The van der Waals surface area contributed by atoms with Crippen LogP contribution in [-0.2, 0) is 19.4 Å². The van der Waals surface area contributed by atoms with Gasteiger partial charge in [-0.2, -0.15) is 0 Å². The molecule has 1 unspecified atom stereocenters. The quantitative estimate of drug-likeness (QED) is 0.903. The van der Waals surface area contributed by atoms with Crippen molar-refractivity contribution >= 4 is 21.6 Å². The number of fused-ring (bicyclic) bond motifs is 3.